The van der Waals surface area contributed by atoms with Crippen LogP contribution in [0.25, 0.3) is 16.6 Å². The fraction of sp³-hybridized carbons (Fsp3) is 0.240. The lowest BCUT2D eigenvalue weighted by atomic mass is 10.2. The van der Waals surface area contributed by atoms with Crippen LogP contribution in [0.5, 0.6) is 0 Å². The maximum Gasteiger partial charge on any atom is 0.225 e. The molecule has 36 heavy (non-hydrogen) atoms. The van der Waals surface area contributed by atoms with Crippen LogP contribution in [0, 0.1) is 5.82 Å². The zero-order valence-corrected chi connectivity index (χ0v) is 20.7. The zero-order chi connectivity index (χ0) is 24.6. The van der Waals surface area contributed by atoms with Crippen LogP contribution in [-0.4, -0.2) is 60.0 Å². The molecule has 0 spiro atoms. The van der Waals surface area contributed by atoms with E-state index in [-0.39, 0.29) is 11.9 Å². The lowest BCUT2D eigenvalue weighted by Crippen LogP contribution is -2.53. The summed E-state index contributed by atoms with van der Waals surface area (Å²) >= 11 is 1.32. The third-order valence-corrected chi connectivity index (χ3v) is 7.28. The topological polar surface area (TPSA) is 80.3 Å². The van der Waals surface area contributed by atoms with Crippen molar-refractivity contribution in [2.24, 2.45) is 7.05 Å². The zero-order valence-electron chi connectivity index (χ0n) is 19.9. The highest BCUT2D eigenvalue weighted by atomic mass is 32.2. The highest BCUT2D eigenvalue weighted by Crippen LogP contribution is 2.31. The first-order valence-electron chi connectivity index (χ1n) is 11.6. The third kappa shape index (κ3) is 4.26. The molecule has 1 fully saturated rings. The number of fused-ring (bicyclic) bond motifs is 1. The van der Waals surface area contributed by atoms with Crippen molar-refractivity contribution < 1.29 is 4.39 Å². The predicted octanol–water partition coefficient (Wildman–Crippen LogP) is 3.93. The molecular formula is C25H24FN9S. The van der Waals surface area contributed by atoms with Gasteiger partial charge in [-0.25, -0.2) is 23.9 Å². The van der Waals surface area contributed by atoms with E-state index in [2.05, 4.69) is 47.9 Å². The van der Waals surface area contributed by atoms with Gasteiger partial charge in [0, 0.05) is 78.4 Å². The van der Waals surface area contributed by atoms with Crippen molar-refractivity contribution in [2.45, 2.75) is 22.8 Å². The molecule has 1 atom stereocenters. The summed E-state index contributed by atoms with van der Waals surface area (Å²) in [6.07, 6.45) is 11.0. The van der Waals surface area contributed by atoms with Crippen molar-refractivity contribution in [3.05, 3.63) is 73.5 Å². The molecular weight excluding hydrogens is 477 g/mol. The average Bonchev–Trinajstić information content (AvgIpc) is 3.52. The summed E-state index contributed by atoms with van der Waals surface area (Å²) < 4.78 is 17.6. The van der Waals surface area contributed by atoms with Crippen molar-refractivity contribution >= 4 is 29.0 Å². The van der Waals surface area contributed by atoms with Crippen LogP contribution in [0.1, 0.15) is 6.92 Å². The Morgan fingerprint density at radius 1 is 0.972 bits per heavy atom. The molecule has 6 rings (SSSR count). The Balaban J connectivity index is 1.18. The van der Waals surface area contributed by atoms with Crippen molar-refractivity contribution in [1.29, 1.82) is 0 Å². The first-order chi connectivity index (χ1) is 17.5. The van der Waals surface area contributed by atoms with E-state index in [0.29, 0.717) is 10.8 Å². The Bertz CT molecular complexity index is 1510. The number of aromatic nitrogens is 7. The second-order valence-electron chi connectivity index (χ2n) is 8.78. The largest absolute Gasteiger partial charge is 0.351 e. The highest BCUT2D eigenvalue weighted by Gasteiger charge is 2.28. The molecule has 5 aromatic rings. The fourth-order valence-electron chi connectivity index (χ4n) is 4.50. The van der Waals surface area contributed by atoms with E-state index in [1.165, 1.54) is 17.8 Å². The summed E-state index contributed by atoms with van der Waals surface area (Å²) in [6, 6.07) is 9.00. The van der Waals surface area contributed by atoms with Gasteiger partial charge in [-0.05, 0) is 25.1 Å². The Morgan fingerprint density at radius 2 is 1.81 bits per heavy atom. The van der Waals surface area contributed by atoms with Gasteiger partial charge in [0.2, 0.25) is 5.95 Å². The number of nitrogens with zero attached hydrogens (tertiary/aromatic N) is 9. The van der Waals surface area contributed by atoms with Crippen LogP contribution in [0.15, 0.2) is 77.4 Å². The van der Waals surface area contributed by atoms with Gasteiger partial charge in [0.25, 0.3) is 0 Å². The van der Waals surface area contributed by atoms with E-state index in [1.54, 1.807) is 35.5 Å². The Morgan fingerprint density at radius 3 is 2.56 bits per heavy atom. The van der Waals surface area contributed by atoms with Crippen molar-refractivity contribution in [2.75, 3.05) is 29.4 Å². The van der Waals surface area contributed by atoms with Crippen LogP contribution in [0.2, 0.25) is 0 Å². The average molecular weight is 502 g/mol. The number of piperazine rings is 1. The number of rotatable bonds is 5. The maximum atomic E-state index is 14.0. The summed E-state index contributed by atoms with van der Waals surface area (Å²) in [4.78, 5) is 19.6. The highest BCUT2D eigenvalue weighted by molar-refractivity contribution is 7.99. The molecule has 0 unspecified atom stereocenters. The van der Waals surface area contributed by atoms with E-state index in [0.717, 1.165) is 47.0 Å². The van der Waals surface area contributed by atoms with Crippen molar-refractivity contribution in [3.8, 4) is 11.1 Å². The number of aryl methyl sites for hydroxylation is 1. The Hall–Kier alpha value is -3.99. The lowest BCUT2D eigenvalue weighted by molar-refractivity contribution is 0.536. The Kier molecular flexibility index (Phi) is 5.76. The van der Waals surface area contributed by atoms with E-state index in [9.17, 15) is 4.39 Å². The van der Waals surface area contributed by atoms with Crippen LogP contribution in [0.4, 0.5) is 16.2 Å². The first kappa shape index (κ1) is 22.5. The number of hydrogen-bond acceptors (Lipinski definition) is 8. The third-order valence-electron chi connectivity index (χ3n) is 6.29. The second-order valence-corrected chi connectivity index (χ2v) is 9.90. The van der Waals surface area contributed by atoms with Gasteiger partial charge in [-0.1, -0.05) is 23.9 Å². The molecule has 1 aromatic carbocycles. The number of anilines is 2. The van der Waals surface area contributed by atoms with E-state index in [4.69, 9.17) is 0 Å². The smallest absolute Gasteiger partial charge is 0.225 e. The van der Waals surface area contributed by atoms with E-state index in [1.807, 2.05) is 36.2 Å². The van der Waals surface area contributed by atoms with Gasteiger partial charge in [-0.2, -0.15) is 10.2 Å². The van der Waals surface area contributed by atoms with Gasteiger partial charge in [0.05, 0.1) is 6.20 Å². The molecule has 182 valence electrons. The molecule has 1 aliphatic heterocycles. The number of hydrogen-bond donors (Lipinski definition) is 0. The van der Waals surface area contributed by atoms with Crippen molar-refractivity contribution in [1.82, 2.24) is 34.3 Å². The van der Waals surface area contributed by atoms with Crippen LogP contribution < -0.4 is 9.80 Å². The summed E-state index contributed by atoms with van der Waals surface area (Å²) in [7, 11) is 1.91. The maximum absolute atomic E-state index is 14.0. The molecule has 5 heterocycles. The lowest BCUT2D eigenvalue weighted by Gasteiger charge is -2.40. The predicted molar refractivity (Wildman–Crippen MR) is 137 cm³/mol. The molecule has 11 heteroatoms. The Labute approximate surface area is 211 Å². The van der Waals surface area contributed by atoms with Crippen molar-refractivity contribution in [3.63, 3.8) is 0 Å². The molecule has 0 saturated carbocycles. The number of halogens is 1. The van der Waals surface area contributed by atoms with Crippen LogP contribution in [0.3, 0.4) is 0 Å². The SMILES string of the molecule is C[C@@H]1CN(c2ncnn3cc(-c4cnn(C)c4)cc23)CCN1c1ncc(Sc2ccccc2F)cn1. The van der Waals surface area contributed by atoms with Gasteiger partial charge in [-0.15, -0.1) is 0 Å². The van der Waals surface area contributed by atoms with E-state index < -0.39 is 0 Å². The molecule has 0 N–H and O–H groups in total. The molecule has 0 radical (unpaired) electrons. The molecule has 0 bridgehead atoms. The first-order valence-corrected chi connectivity index (χ1v) is 12.5. The quantitative estimate of drug-likeness (QED) is 0.359. The summed E-state index contributed by atoms with van der Waals surface area (Å²) in [6.45, 7) is 4.47. The second kappa shape index (κ2) is 9.23. The van der Waals surface area contributed by atoms with Crippen LogP contribution in [-0.2, 0) is 7.05 Å². The minimum Gasteiger partial charge on any atom is -0.351 e. The van der Waals surface area contributed by atoms with Gasteiger partial charge >= 0.3 is 0 Å². The van der Waals surface area contributed by atoms with E-state index >= 15 is 0 Å². The molecule has 0 amide bonds. The molecule has 1 saturated heterocycles. The summed E-state index contributed by atoms with van der Waals surface area (Å²) in [5.74, 6) is 1.34. The fourth-order valence-corrected chi connectivity index (χ4v) is 5.28. The minimum absolute atomic E-state index is 0.173. The van der Waals surface area contributed by atoms with Crippen LogP contribution >= 0.6 is 11.8 Å². The van der Waals surface area contributed by atoms with Gasteiger partial charge in [-0.3, -0.25) is 4.68 Å². The van der Waals surface area contributed by atoms with Gasteiger partial charge < -0.3 is 9.80 Å². The standard InChI is InChI=1S/C25H24FN9S/c1-17-13-33(24-22-9-18(15-35(22)31-16-29-24)19-10-30-32(2)14-19)7-8-34(17)25-27-11-20(12-28-25)36-23-6-4-3-5-21(23)26/h3-6,9-12,14-17H,7-8,13H2,1-2H3/t17-/m1/s1. The van der Waals surface area contributed by atoms with Gasteiger partial charge in [0.1, 0.15) is 17.7 Å². The minimum atomic E-state index is -0.245. The van der Waals surface area contributed by atoms with Gasteiger partial charge in [0.15, 0.2) is 5.82 Å². The summed E-state index contributed by atoms with van der Waals surface area (Å²) in [5, 5.41) is 8.69. The summed E-state index contributed by atoms with van der Waals surface area (Å²) in [5.41, 5.74) is 3.06. The molecule has 9 nitrogen and oxygen atoms in total. The monoisotopic (exact) mass is 501 g/mol. The number of benzene rings is 1. The molecule has 4 aromatic heterocycles. The molecule has 1 aliphatic rings. The molecule has 0 aliphatic carbocycles. The normalized spacial score (nSPS) is 16.1.